The number of hydrogen-bond acceptors (Lipinski definition) is 5. The number of hydrogen-bond donors (Lipinski definition) is 3. The predicted molar refractivity (Wildman–Crippen MR) is 78.3 cm³/mol. The molecule has 0 radical (unpaired) electrons. The highest BCUT2D eigenvalue weighted by molar-refractivity contribution is 7.81. The van der Waals surface area contributed by atoms with Crippen LogP contribution in [0, 0.1) is 0 Å². The monoisotopic (exact) mass is 298 g/mol. The van der Waals surface area contributed by atoms with Gasteiger partial charge in [0.2, 0.25) is 0 Å². The highest BCUT2D eigenvalue weighted by Crippen LogP contribution is 2.39. The van der Waals surface area contributed by atoms with E-state index >= 15 is 0 Å². The topological polar surface area (TPSA) is 83.0 Å². The predicted octanol–water partition coefficient (Wildman–Crippen LogP) is 1.86. The van der Waals surface area contributed by atoms with E-state index in [1.165, 1.54) is 16.8 Å². The van der Waals surface area contributed by atoms with Crippen molar-refractivity contribution in [3.8, 4) is 0 Å². The van der Waals surface area contributed by atoms with Gasteiger partial charge in [0.25, 0.3) is 12.0 Å². The molecule has 1 unspecified atom stereocenters. The molecule has 0 bridgehead atoms. The fraction of sp³-hybridized carbons (Fsp3) is 0.417. The second kappa shape index (κ2) is 5.34. The van der Waals surface area contributed by atoms with E-state index in [9.17, 15) is 4.79 Å². The fourth-order valence-electron chi connectivity index (χ4n) is 2.28. The van der Waals surface area contributed by atoms with Gasteiger partial charge in [-0.3, -0.25) is 9.59 Å². The third kappa shape index (κ3) is 2.82. The molecule has 0 fully saturated rings. The van der Waals surface area contributed by atoms with Crippen molar-refractivity contribution in [1.82, 2.24) is 9.97 Å². The highest BCUT2D eigenvalue weighted by Gasteiger charge is 2.29. The van der Waals surface area contributed by atoms with Crippen LogP contribution in [0.15, 0.2) is 11.1 Å². The molecule has 2 heterocycles. The number of aromatic nitrogens is 2. The summed E-state index contributed by atoms with van der Waals surface area (Å²) in [6.07, 6.45) is 4.37. The zero-order valence-electron chi connectivity index (χ0n) is 10.3. The number of nitrogens with zero attached hydrogens (tertiary/aromatic N) is 1. The Morgan fingerprint density at radius 2 is 2.32 bits per heavy atom. The van der Waals surface area contributed by atoms with E-state index in [0.29, 0.717) is 0 Å². The molecule has 0 saturated heterocycles. The van der Waals surface area contributed by atoms with Crippen molar-refractivity contribution < 1.29 is 9.90 Å². The maximum Gasteiger partial charge on any atom is 0.290 e. The minimum atomic E-state index is -0.250. The van der Waals surface area contributed by atoms with Gasteiger partial charge in [0.05, 0.1) is 11.7 Å². The summed E-state index contributed by atoms with van der Waals surface area (Å²) in [7, 11) is 0. The summed E-state index contributed by atoms with van der Waals surface area (Å²) in [6, 6.07) is 0. The zero-order valence-corrected chi connectivity index (χ0v) is 12.1. The minimum absolute atomic E-state index is 0.00901. The molecule has 0 spiro atoms. The third-order valence-electron chi connectivity index (χ3n) is 3.13. The fourth-order valence-corrected chi connectivity index (χ4v) is 4.03. The molecule has 5 nitrogen and oxygen atoms in total. The van der Waals surface area contributed by atoms with Gasteiger partial charge in [-0.05, 0) is 24.8 Å². The summed E-state index contributed by atoms with van der Waals surface area (Å²) in [5.74, 6) is 0. The number of carbonyl (C=O) groups is 1. The average Bonchev–Trinajstić information content (AvgIpc) is 2.67. The van der Waals surface area contributed by atoms with Crippen LogP contribution in [0.1, 0.15) is 23.8 Å². The molecule has 0 aliphatic heterocycles. The molecule has 1 atom stereocenters. The molecule has 0 amide bonds. The molecule has 2 aromatic rings. The molecule has 2 aromatic heterocycles. The van der Waals surface area contributed by atoms with Crippen molar-refractivity contribution in [3.63, 3.8) is 0 Å². The number of aryl methyl sites for hydroxylation is 1. The normalized spacial score (nSPS) is 21.4. The zero-order chi connectivity index (χ0) is 14.0. The molecule has 0 saturated carbocycles. The van der Waals surface area contributed by atoms with Crippen molar-refractivity contribution in [2.24, 2.45) is 0 Å². The molecule has 0 aromatic carbocycles. The lowest BCUT2D eigenvalue weighted by atomic mass is 9.88. The van der Waals surface area contributed by atoms with Gasteiger partial charge in [-0.15, -0.1) is 11.3 Å². The Bertz CT molecular complexity index is 661. The largest absolute Gasteiger partial charge is 0.483 e. The van der Waals surface area contributed by atoms with Gasteiger partial charge < -0.3 is 10.1 Å². The number of thiophene rings is 1. The van der Waals surface area contributed by atoms with Gasteiger partial charge in [-0.1, -0.05) is 6.92 Å². The van der Waals surface area contributed by atoms with Gasteiger partial charge in [-0.2, -0.15) is 12.6 Å². The van der Waals surface area contributed by atoms with Crippen LogP contribution in [0.25, 0.3) is 10.2 Å². The van der Waals surface area contributed by atoms with Crippen LogP contribution >= 0.6 is 24.0 Å². The van der Waals surface area contributed by atoms with Crippen LogP contribution in [0.5, 0.6) is 0 Å². The van der Waals surface area contributed by atoms with E-state index in [4.69, 9.17) is 9.90 Å². The van der Waals surface area contributed by atoms with Crippen LogP contribution in [0.2, 0.25) is 0 Å². The lowest BCUT2D eigenvalue weighted by Gasteiger charge is -2.28. The first-order valence-corrected chi connectivity index (χ1v) is 7.03. The maximum atomic E-state index is 11.8. The molecular weight excluding hydrogens is 284 g/mol. The van der Waals surface area contributed by atoms with Crippen molar-refractivity contribution in [1.29, 1.82) is 0 Å². The van der Waals surface area contributed by atoms with E-state index in [1.54, 1.807) is 11.3 Å². The lowest BCUT2D eigenvalue weighted by molar-refractivity contribution is -0.122. The lowest BCUT2D eigenvalue weighted by Crippen LogP contribution is -2.25. The van der Waals surface area contributed by atoms with E-state index in [1.807, 2.05) is 0 Å². The number of aromatic amines is 1. The molecule has 19 heavy (non-hydrogen) atoms. The average molecular weight is 298 g/mol. The van der Waals surface area contributed by atoms with Crippen LogP contribution < -0.4 is 5.56 Å². The van der Waals surface area contributed by atoms with Crippen LogP contribution in [-0.4, -0.2) is 26.3 Å². The summed E-state index contributed by atoms with van der Waals surface area (Å²) in [5, 5.41) is 7.69. The Morgan fingerprint density at radius 1 is 1.63 bits per heavy atom. The van der Waals surface area contributed by atoms with Gasteiger partial charge in [0.1, 0.15) is 4.83 Å². The van der Waals surface area contributed by atoms with Crippen LogP contribution in [0.3, 0.4) is 0 Å². The smallest absolute Gasteiger partial charge is 0.290 e. The SMILES string of the molecule is CC1(S)CCc2c(sc3nc[nH]c(=O)c23)C1.O=CO. The Morgan fingerprint density at radius 3 is 3.00 bits per heavy atom. The molecule has 102 valence electrons. The second-order valence-corrected chi connectivity index (χ2v) is 6.86. The number of thiol groups is 1. The summed E-state index contributed by atoms with van der Waals surface area (Å²) in [6.45, 7) is 1.90. The van der Waals surface area contributed by atoms with Gasteiger partial charge >= 0.3 is 0 Å². The van der Waals surface area contributed by atoms with E-state index in [0.717, 1.165) is 29.5 Å². The molecule has 3 rings (SSSR count). The van der Waals surface area contributed by atoms with Crippen LogP contribution in [0.4, 0.5) is 0 Å². The van der Waals surface area contributed by atoms with Crippen molar-refractivity contribution in [2.75, 3.05) is 0 Å². The quantitative estimate of drug-likeness (QED) is 0.512. The Balaban J connectivity index is 0.000000408. The van der Waals surface area contributed by atoms with Crippen LogP contribution in [-0.2, 0) is 17.6 Å². The Hall–Kier alpha value is -1.34. The highest BCUT2D eigenvalue weighted by atomic mass is 32.1. The number of rotatable bonds is 0. The minimum Gasteiger partial charge on any atom is -0.483 e. The first-order chi connectivity index (χ1) is 8.98. The first-order valence-electron chi connectivity index (χ1n) is 5.76. The summed E-state index contributed by atoms with van der Waals surface area (Å²) < 4.78 is 0.0562. The molecule has 7 heteroatoms. The first kappa shape index (κ1) is 14.1. The van der Waals surface area contributed by atoms with E-state index in [-0.39, 0.29) is 16.8 Å². The molecule has 1 aliphatic carbocycles. The standard InChI is InChI=1S/C11H12N2OS2.CH2O2/c1-11(15)3-2-6-7(4-11)16-10-8(6)9(14)12-5-13-10;2-1-3/h5,15H,2-4H2,1H3,(H,12,13,14);1H,(H,2,3). The number of H-pyrrole nitrogens is 1. The van der Waals surface area contributed by atoms with Crippen molar-refractivity contribution in [3.05, 3.63) is 27.1 Å². The molecule has 1 aliphatic rings. The summed E-state index contributed by atoms with van der Waals surface area (Å²) >= 11 is 6.29. The molecule has 2 N–H and O–H groups in total. The van der Waals surface area contributed by atoms with E-state index in [2.05, 4.69) is 29.5 Å². The van der Waals surface area contributed by atoms with Crippen molar-refractivity contribution in [2.45, 2.75) is 30.9 Å². The maximum absolute atomic E-state index is 11.8. The number of nitrogens with one attached hydrogen (secondary N) is 1. The third-order valence-corrected chi connectivity index (χ3v) is 4.65. The molecular formula is C12H14N2O3S2. The number of fused-ring (bicyclic) bond motifs is 3. The number of carboxylic acid groups (broad SMARTS) is 1. The Kier molecular flexibility index (Phi) is 3.96. The Labute approximate surface area is 119 Å². The van der Waals surface area contributed by atoms with Gasteiger partial charge in [0, 0.05) is 9.62 Å². The summed E-state index contributed by atoms with van der Waals surface area (Å²) in [5.41, 5.74) is 1.19. The van der Waals surface area contributed by atoms with Gasteiger partial charge in [-0.25, -0.2) is 4.98 Å². The van der Waals surface area contributed by atoms with E-state index < -0.39 is 0 Å². The van der Waals surface area contributed by atoms with Gasteiger partial charge in [0.15, 0.2) is 0 Å². The second-order valence-electron chi connectivity index (χ2n) is 4.69. The van der Waals surface area contributed by atoms with Crippen molar-refractivity contribution >= 4 is 40.7 Å². The summed E-state index contributed by atoms with van der Waals surface area (Å²) in [4.78, 5) is 29.2.